The zero-order valence-electron chi connectivity index (χ0n) is 16.8. The Hall–Kier alpha value is -3.11. The SMILES string of the molecule is CC.CN1C(=O)c2ccccc2C1(c1ccccc1)c1ccc(O)cc1.CO. The maximum absolute atomic E-state index is 12.9. The average Bonchev–Trinajstić information content (AvgIpc) is 3.00. The highest BCUT2D eigenvalue weighted by molar-refractivity contribution is 6.01. The summed E-state index contributed by atoms with van der Waals surface area (Å²) in [6, 6.07) is 24.9. The zero-order valence-corrected chi connectivity index (χ0v) is 16.8. The first-order valence-electron chi connectivity index (χ1n) is 9.33. The van der Waals surface area contributed by atoms with Crippen LogP contribution in [-0.2, 0) is 5.54 Å². The minimum absolute atomic E-state index is 0.00234. The van der Waals surface area contributed by atoms with Crippen molar-refractivity contribution in [2.75, 3.05) is 14.2 Å². The Balaban J connectivity index is 0.000000660. The summed E-state index contributed by atoms with van der Waals surface area (Å²) >= 11 is 0. The lowest BCUT2D eigenvalue weighted by atomic mass is 9.77. The fourth-order valence-corrected chi connectivity index (χ4v) is 3.75. The standard InChI is InChI=1S/C21H17NO2.C2H6.CH4O/c1-22-20(24)18-9-5-6-10-19(18)21(22,15-7-3-2-4-8-15)16-11-13-17(23)14-12-16;2*1-2/h2-14,23H,1H3;1-2H3;2H,1H3. The van der Waals surface area contributed by atoms with Gasteiger partial charge in [-0.15, -0.1) is 0 Å². The highest BCUT2D eigenvalue weighted by Gasteiger charge is 2.50. The van der Waals surface area contributed by atoms with E-state index in [1.165, 1.54) is 0 Å². The minimum atomic E-state index is -0.692. The number of hydrogen-bond donors (Lipinski definition) is 2. The van der Waals surface area contributed by atoms with Gasteiger partial charge in [-0.3, -0.25) is 4.79 Å². The molecule has 0 radical (unpaired) electrons. The second-order valence-corrected chi connectivity index (χ2v) is 6.03. The van der Waals surface area contributed by atoms with Gasteiger partial charge in [0, 0.05) is 19.7 Å². The molecule has 0 spiro atoms. The lowest BCUT2D eigenvalue weighted by Crippen LogP contribution is -2.43. The molecule has 0 saturated heterocycles. The topological polar surface area (TPSA) is 60.8 Å². The van der Waals surface area contributed by atoms with Gasteiger partial charge in [-0.05, 0) is 34.9 Å². The van der Waals surface area contributed by atoms with Crippen molar-refractivity contribution in [1.82, 2.24) is 4.90 Å². The van der Waals surface area contributed by atoms with Gasteiger partial charge >= 0.3 is 0 Å². The summed E-state index contributed by atoms with van der Waals surface area (Å²) in [5.41, 5.74) is 2.97. The van der Waals surface area contributed by atoms with Crippen molar-refractivity contribution >= 4 is 5.91 Å². The Labute approximate surface area is 166 Å². The third-order valence-corrected chi connectivity index (χ3v) is 4.83. The van der Waals surface area contributed by atoms with E-state index < -0.39 is 5.54 Å². The van der Waals surface area contributed by atoms with Crippen LogP contribution in [0.5, 0.6) is 5.75 Å². The number of fused-ring (bicyclic) bond motifs is 1. The van der Waals surface area contributed by atoms with Crippen LogP contribution in [0.25, 0.3) is 0 Å². The van der Waals surface area contributed by atoms with Gasteiger partial charge in [-0.25, -0.2) is 0 Å². The van der Waals surface area contributed by atoms with Crippen molar-refractivity contribution in [3.8, 4) is 5.75 Å². The molecule has 1 aliphatic rings. The molecule has 28 heavy (non-hydrogen) atoms. The molecule has 4 heteroatoms. The number of benzene rings is 3. The van der Waals surface area contributed by atoms with Crippen LogP contribution in [0.3, 0.4) is 0 Å². The lowest BCUT2D eigenvalue weighted by molar-refractivity contribution is 0.0736. The van der Waals surface area contributed by atoms with Crippen LogP contribution in [0.15, 0.2) is 78.9 Å². The summed E-state index contributed by atoms with van der Waals surface area (Å²) in [5.74, 6) is 0.213. The molecule has 0 aromatic heterocycles. The molecule has 1 heterocycles. The number of carbonyl (C=O) groups is 1. The minimum Gasteiger partial charge on any atom is -0.508 e. The van der Waals surface area contributed by atoms with E-state index in [2.05, 4.69) is 0 Å². The van der Waals surface area contributed by atoms with Gasteiger partial charge in [0.05, 0.1) is 0 Å². The summed E-state index contributed by atoms with van der Waals surface area (Å²) in [6.45, 7) is 4.00. The molecule has 1 unspecified atom stereocenters. The monoisotopic (exact) mass is 377 g/mol. The molecular weight excluding hydrogens is 350 g/mol. The Morgan fingerprint density at radius 1 is 0.750 bits per heavy atom. The number of rotatable bonds is 2. The van der Waals surface area contributed by atoms with Crippen molar-refractivity contribution in [3.63, 3.8) is 0 Å². The van der Waals surface area contributed by atoms with Crippen molar-refractivity contribution in [2.24, 2.45) is 0 Å². The molecule has 1 amide bonds. The molecule has 2 N–H and O–H groups in total. The van der Waals surface area contributed by atoms with Crippen molar-refractivity contribution in [2.45, 2.75) is 19.4 Å². The maximum atomic E-state index is 12.9. The molecule has 146 valence electrons. The first-order chi connectivity index (χ1) is 13.7. The zero-order chi connectivity index (χ0) is 20.7. The van der Waals surface area contributed by atoms with Crippen molar-refractivity contribution in [1.29, 1.82) is 0 Å². The molecule has 0 saturated carbocycles. The summed E-state index contributed by atoms with van der Waals surface area (Å²) in [5, 5.41) is 16.7. The van der Waals surface area contributed by atoms with E-state index in [0.717, 1.165) is 29.4 Å². The van der Waals surface area contributed by atoms with Gasteiger partial charge in [-0.1, -0.05) is 74.5 Å². The van der Waals surface area contributed by atoms with Crippen LogP contribution in [0.4, 0.5) is 0 Å². The molecule has 0 aliphatic carbocycles. The average molecular weight is 377 g/mol. The van der Waals surface area contributed by atoms with Crippen LogP contribution >= 0.6 is 0 Å². The first-order valence-corrected chi connectivity index (χ1v) is 9.33. The molecule has 4 nitrogen and oxygen atoms in total. The molecule has 1 aliphatic heterocycles. The number of aliphatic hydroxyl groups is 1. The summed E-state index contributed by atoms with van der Waals surface area (Å²) in [6.07, 6.45) is 0. The summed E-state index contributed by atoms with van der Waals surface area (Å²) < 4.78 is 0. The second kappa shape index (κ2) is 9.20. The Morgan fingerprint density at radius 2 is 1.25 bits per heavy atom. The molecule has 0 fully saturated rings. The van der Waals surface area contributed by atoms with Crippen LogP contribution in [0.1, 0.15) is 40.9 Å². The van der Waals surface area contributed by atoms with Crippen LogP contribution in [0.2, 0.25) is 0 Å². The third kappa shape index (κ3) is 3.27. The quantitative estimate of drug-likeness (QED) is 0.696. The molecule has 0 bridgehead atoms. The molecular formula is C24H27NO3. The van der Waals surface area contributed by atoms with Crippen LogP contribution in [0, 0.1) is 0 Å². The lowest BCUT2D eigenvalue weighted by Gasteiger charge is -2.38. The highest BCUT2D eigenvalue weighted by Crippen LogP contribution is 2.48. The number of amides is 1. The number of aliphatic hydroxyl groups excluding tert-OH is 1. The number of nitrogens with zero attached hydrogens (tertiary/aromatic N) is 1. The van der Waals surface area contributed by atoms with Gasteiger partial charge in [0.15, 0.2) is 0 Å². The highest BCUT2D eigenvalue weighted by atomic mass is 16.3. The largest absolute Gasteiger partial charge is 0.508 e. The summed E-state index contributed by atoms with van der Waals surface area (Å²) in [4.78, 5) is 14.7. The van der Waals surface area contributed by atoms with E-state index >= 15 is 0 Å². The predicted molar refractivity (Wildman–Crippen MR) is 112 cm³/mol. The second-order valence-electron chi connectivity index (χ2n) is 6.03. The normalized spacial score (nSPS) is 17.0. The molecule has 1 atom stereocenters. The van der Waals surface area contributed by atoms with Gasteiger partial charge in [0.25, 0.3) is 5.91 Å². The van der Waals surface area contributed by atoms with E-state index in [4.69, 9.17) is 5.11 Å². The number of aromatic hydroxyl groups is 1. The first kappa shape index (κ1) is 21.2. The Morgan fingerprint density at radius 3 is 1.86 bits per heavy atom. The predicted octanol–water partition coefficient (Wildman–Crippen LogP) is 4.40. The van der Waals surface area contributed by atoms with E-state index in [1.807, 2.05) is 87.6 Å². The molecule has 4 rings (SSSR count). The summed E-state index contributed by atoms with van der Waals surface area (Å²) in [7, 11) is 2.84. The maximum Gasteiger partial charge on any atom is 0.255 e. The van der Waals surface area contributed by atoms with E-state index in [1.54, 1.807) is 17.0 Å². The molecule has 3 aromatic rings. The number of carbonyl (C=O) groups excluding carboxylic acids is 1. The number of phenols is 1. The number of phenolic OH excluding ortho intramolecular Hbond substituents is 1. The Bertz CT molecular complexity index is 907. The van der Waals surface area contributed by atoms with Crippen LogP contribution < -0.4 is 0 Å². The van der Waals surface area contributed by atoms with Crippen molar-refractivity contribution in [3.05, 3.63) is 101 Å². The van der Waals surface area contributed by atoms with Crippen molar-refractivity contribution < 1.29 is 15.0 Å². The smallest absolute Gasteiger partial charge is 0.255 e. The number of hydrogen-bond acceptors (Lipinski definition) is 3. The fraction of sp³-hybridized carbons (Fsp3) is 0.208. The fourth-order valence-electron chi connectivity index (χ4n) is 3.75. The van der Waals surface area contributed by atoms with E-state index in [-0.39, 0.29) is 11.7 Å². The van der Waals surface area contributed by atoms with Gasteiger partial charge in [0.1, 0.15) is 11.3 Å². The van der Waals surface area contributed by atoms with E-state index in [0.29, 0.717) is 0 Å². The van der Waals surface area contributed by atoms with Crippen LogP contribution in [-0.4, -0.2) is 35.2 Å². The molecule has 3 aromatic carbocycles. The van der Waals surface area contributed by atoms with Gasteiger partial charge in [0.2, 0.25) is 0 Å². The van der Waals surface area contributed by atoms with Gasteiger partial charge < -0.3 is 15.1 Å². The third-order valence-electron chi connectivity index (χ3n) is 4.83. The van der Waals surface area contributed by atoms with Gasteiger partial charge in [-0.2, -0.15) is 0 Å². The Kier molecular flexibility index (Phi) is 6.96. The van der Waals surface area contributed by atoms with E-state index in [9.17, 15) is 9.90 Å².